The van der Waals surface area contributed by atoms with Gasteiger partial charge in [-0.1, -0.05) is 31.2 Å². The second kappa shape index (κ2) is 8.29. The minimum atomic E-state index is -0.299. The minimum Gasteiger partial charge on any atom is -0.322 e. The van der Waals surface area contributed by atoms with Gasteiger partial charge in [-0.05, 0) is 72.1 Å². The van der Waals surface area contributed by atoms with Crippen LogP contribution >= 0.6 is 0 Å². The molecule has 1 aromatic heterocycles. The van der Waals surface area contributed by atoms with Gasteiger partial charge in [0.15, 0.2) is 0 Å². The predicted octanol–water partition coefficient (Wildman–Crippen LogP) is 5.45. The molecule has 4 aromatic rings. The molecule has 4 rings (SSSR count). The lowest BCUT2D eigenvalue weighted by Crippen LogP contribution is -2.12. The molecule has 0 radical (unpaired) electrons. The van der Waals surface area contributed by atoms with Crippen molar-refractivity contribution >= 4 is 11.6 Å². The quantitative estimate of drug-likeness (QED) is 0.485. The zero-order valence-corrected chi connectivity index (χ0v) is 16.7. The first-order chi connectivity index (χ1) is 14.5. The number of carbonyl (C=O) groups is 1. The average Bonchev–Trinajstić information content (AvgIpc) is 3.24. The number of rotatable bonds is 5. The van der Waals surface area contributed by atoms with Crippen molar-refractivity contribution in [2.75, 3.05) is 5.32 Å². The van der Waals surface area contributed by atoms with Gasteiger partial charge in [-0.2, -0.15) is 0 Å². The smallest absolute Gasteiger partial charge is 0.255 e. The highest BCUT2D eigenvalue weighted by molar-refractivity contribution is 6.04. The van der Waals surface area contributed by atoms with Crippen LogP contribution in [0.2, 0.25) is 0 Å². The Hall–Kier alpha value is -3.80. The molecule has 5 nitrogen and oxygen atoms in total. The van der Waals surface area contributed by atoms with E-state index < -0.39 is 0 Å². The van der Waals surface area contributed by atoms with Gasteiger partial charge in [0.05, 0.1) is 17.6 Å². The van der Waals surface area contributed by atoms with Crippen molar-refractivity contribution < 1.29 is 9.18 Å². The van der Waals surface area contributed by atoms with Gasteiger partial charge in [-0.15, -0.1) is 5.10 Å². The Balaban J connectivity index is 1.51. The van der Waals surface area contributed by atoms with Crippen LogP contribution in [-0.4, -0.2) is 20.9 Å². The van der Waals surface area contributed by atoms with Crippen LogP contribution in [0.15, 0.2) is 79.0 Å². The van der Waals surface area contributed by atoms with Gasteiger partial charge in [-0.3, -0.25) is 4.79 Å². The number of hydrogen-bond donors (Lipinski definition) is 1. The molecular formula is C24H21FN4O. The molecule has 0 saturated carbocycles. The summed E-state index contributed by atoms with van der Waals surface area (Å²) >= 11 is 0. The molecule has 6 heteroatoms. The zero-order valence-electron chi connectivity index (χ0n) is 16.7. The van der Waals surface area contributed by atoms with Gasteiger partial charge in [0.1, 0.15) is 5.82 Å². The van der Waals surface area contributed by atoms with E-state index in [4.69, 9.17) is 0 Å². The summed E-state index contributed by atoms with van der Waals surface area (Å²) in [6.07, 6.45) is 1.62. The monoisotopic (exact) mass is 400 g/mol. The number of nitrogens with zero attached hydrogens (tertiary/aromatic N) is 3. The first-order valence-electron chi connectivity index (χ1n) is 9.69. The summed E-state index contributed by atoms with van der Waals surface area (Å²) in [5, 5.41) is 11.0. The third kappa shape index (κ3) is 4.12. The second-order valence-corrected chi connectivity index (χ2v) is 7.32. The second-order valence-electron chi connectivity index (χ2n) is 7.32. The summed E-state index contributed by atoms with van der Waals surface area (Å²) in [7, 11) is 0. The number of benzene rings is 3. The van der Waals surface area contributed by atoms with Crippen LogP contribution in [0.4, 0.5) is 10.1 Å². The minimum absolute atomic E-state index is 0.184. The summed E-state index contributed by atoms with van der Waals surface area (Å²) < 4.78 is 14.9. The van der Waals surface area contributed by atoms with E-state index in [9.17, 15) is 9.18 Å². The molecule has 0 unspecified atom stereocenters. The Morgan fingerprint density at radius 1 is 0.933 bits per heavy atom. The lowest BCUT2D eigenvalue weighted by Gasteiger charge is -2.10. The Labute approximate surface area is 174 Å². The molecule has 1 amide bonds. The van der Waals surface area contributed by atoms with Crippen molar-refractivity contribution in [2.45, 2.75) is 19.8 Å². The molecule has 0 atom stereocenters. The van der Waals surface area contributed by atoms with Crippen LogP contribution in [0.3, 0.4) is 0 Å². The largest absolute Gasteiger partial charge is 0.322 e. The van der Waals surface area contributed by atoms with E-state index in [1.807, 2.05) is 24.3 Å². The van der Waals surface area contributed by atoms with E-state index in [1.54, 1.807) is 47.3 Å². The standard InChI is InChI=1S/C24H21FN4O/c1-16(2)17-5-11-21(12-6-17)27-24(30)19-7-13-22(14-8-19)29-23(15-26-28-29)18-3-9-20(25)10-4-18/h3-16H,1-2H3,(H,27,30). The van der Waals surface area contributed by atoms with Crippen molar-refractivity contribution in [3.8, 4) is 16.9 Å². The molecule has 1 heterocycles. The van der Waals surface area contributed by atoms with Crippen molar-refractivity contribution in [3.63, 3.8) is 0 Å². The Morgan fingerprint density at radius 2 is 1.60 bits per heavy atom. The normalized spacial score (nSPS) is 10.9. The third-order valence-electron chi connectivity index (χ3n) is 4.90. The van der Waals surface area contributed by atoms with Gasteiger partial charge in [0.25, 0.3) is 5.91 Å². The van der Waals surface area contributed by atoms with Crippen molar-refractivity contribution in [2.24, 2.45) is 0 Å². The van der Waals surface area contributed by atoms with Gasteiger partial charge < -0.3 is 5.32 Å². The lowest BCUT2D eigenvalue weighted by molar-refractivity contribution is 0.102. The number of carbonyl (C=O) groups excluding carboxylic acids is 1. The summed E-state index contributed by atoms with van der Waals surface area (Å²) in [5.74, 6) is -0.0398. The number of aromatic nitrogens is 3. The molecule has 0 aliphatic rings. The van der Waals surface area contributed by atoms with Gasteiger partial charge >= 0.3 is 0 Å². The number of hydrogen-bond acceptors (Lipinski definition) is 3. The Kier molecular flexibility index (Phi) is 5.39. The van der Waals surface area contributed by atoms with Crippen LogP contribution in [0.25, 0.3) is 16.9 Å². The summed E-state index contributed by atoms with van der Waals surface area (Å²) in [6.45, 7) is 4.26. The molecule has 30 heavy (non-hydrogen) atoms. The Morgan fingerprint density at radius 3 is 2.23 bits per heavy atom. The maximum Gasteiger partial charge on any atom is 0.255 e. The summed E-state index contributed by atoms with van der Waals surface area (Å²) in [4.78, 5) is 12.6. The van der Waals surface area contributed by atoms with Crippen LogP contribution in [0.5, 0.6) is 0 Å². The highest BCUT2D eigenvalue weighted by atomic mass is 19.1. The SMILES string of the molecule is CC(C)c1ccc(NC(=O)c2ccc(-n3nncc3-c3ccc(F)cc3)cc2)cc1. The van der Waals surface area contributed by atoms with Gasteiger partial charge in [-0.25, -0.2) is 9.07 Å². The molecule has 0 bridgehead atoms. The average molecular weight is 400 g/mol. The zero-order chi connectivity index (χ0) is 21.1. The highest BCUT2D eigenvalue weighted by Crippen LogP contribution is 2.22. The van der Waals surface area contributed by atoms with E-state index in [1.165, 1.54) is 17.7 Å². The topological polar surface area (TPSA) is 59.8 Å². The van der Waals surface area contributed by atoms with Crippen molar-refractivity contribution in [3.05, 3.63) is 95.9 Å². The number of nitrogens with one attached hydrogen (secondary N) is 1. The molecule has 0 saturated heterocycles. The fraction of sp³-hybridized carbons (Fsp3) is 0.125. The first-order valence-corrected chi connectivity index (χ1v) is 9.69. The van der Waals surface area contributed by atoms with E-state index in [2.05, 4.69) is 29.5 Å². The number of anilines is 1. The molecule has 0 fully saturated rings. The van der Waals surface area contributed by atoms with Gasteiger partial charge in [0, 0.05) is 16.8 Å². The van der Waals surface area contributed by atoms with Crippen LogP contribution < -0.4 is 5.32 Å². The predicted molar refractivity (Wildman–Crippen MR) is 115 cm³/mol. The first kappa shape index (κ1) is 19.5. The van der Waals surface area contributed by atoms with Gasteiger partial charge in [0.2, 0.25) is 0 Å². The van der Waals surface area contributed by atoms with Crippen molar-refractivity contribution in [1.29, 1.82) is 0 Å². The van der Waals surface area contributed by atoms with E-state index >= 15 is 0 Å². The number of halogens is 1. The van der Waals surface area contributed by atoms with E-state index in [0.717, 1.165) is 22.6 Å². The molecule has 150 valence electrons. The third-order valence-corrected chi connectivity index (χ3v) is 4.90. The fourth-order valence-electron chi connectivity index (χ4n) is 3.15. The lowest BCUT2D eigenvalue weighted by atomic mass is 10.0. The molecule has 1 N–H and O–H groups in total. The van der Waals surface area contributed by atoms with E-state index in [0.29, 0.717) is 11.5 Å². The number of amides is 1. The maximum atomic E-state index is 13.2. The van der Waals surface area contributed by atoms with Crippen LogP contribution in [0.1, 0.15) is 35.7 Å². The highest BCUT2D eigenvalue weighted by Gasteiger charge is 2.11. The van der Waals surface area contributed by atoms with Crippen LogP contribution in [-0.2, 0) is 0 Å². The fourth-order valence-corrected chi connectivity index (χ4v) is 3.15. The summed E-state index contributed by atoms with van der Waals surface area (Å²) in [5.41, 5.74) is 4.80. The Bertz CT molecular complexity index is 1150. The molecule has 0 aliphatic carbocycles. The van der Waals surface area contributed by atoms with Crippen molar-refractivity contribution in [1.82, 2.24) is 15.0 Å². The van der Waals surface area contributed by atoms with Crippen LogP contribution in [0, 0.1) is 5.82 Å². The maximum absolute atomic E-state index is 13.2. The molecule has 3 aromatic carbocycles. The molecule has 0 aliphatic heterocycles. The summed E-state index contributed by atoms with van der Waals surface area (Å²) in [6, 6.07) is 21.1. The molecular weight excluding hydrogens is 379 g/mol. The molecule has 0 spiro atoms. The van der Waals surface area contributed by atoms with E-state index in [-0.39, 0.29) is 11.7 Å².